The maximum atomic E-state index is 13.6. The van der Waals surface area contributed by atoms with Crippen molar-refractivity contribution in [2.75, 3.05) is 29.9 Å². The summed E-state index contributed by atoms with van der Waals surface area (Å²) in [6, 6.07) is 14.7. The van der Waals surface area contributed by atoms with E-state index in [1.807, 2.05) is 45.7 Å². The van der Waals surface area contributed by atoms with Gasteiger partial charge in [0.2, 0.25) is 17.6 Å². The molecule has 2 aromatic carbocycles. The van der Waals surface area contributed by atoms with Crippen molar-refractivity contribution in [1.29, 1.82) is 0 Å². The van der Waals surface area contributed by atoms with Crippen LogP contribution in [0.3, 0.4) is 0 Å². The Morgan fingerprint density at radius 2 is 1.88 bits per heavy atom. The number of amides is 2. The van der Waals surface area contributed by atoms with E-state index in [1.54, 1.807) is 24.5 Å². The summed E-state index contributed by atoms with van der Waals surface area (Å²) in [7, 11) is 0. The van der Waals surface area contributed by atoms with Crippen molar-refractivity contribution >= 4 is 34.8 Å². The predicted octanol–water partition coefficient (Wildman–Crippen LogP) is 2.06. The van der Waals surface area contributed by atoms with E-state index in [9.17, 15) is 14.4 Å². The molecule has 0 saturated carbocycles. The van der Waals surface area contributed by atoms with Gasteiger partial charge in [-0.15, -0.1) is 0 Å². The second-order valence-corrected chi connectivity index (χ2v) is 8.32. The van der Waals surface area contributed by atoms with Gasteiger partial charge in [0.05, 0.1) is 18.7 Å². The molecule has 1 fully saturated rings. The van der Waals surface area contributed by atoms with Crippen LogP contribution < -0.4 is 15.5 Å². The lowest BCUT2D eigenvalue weighted by Gasteiger charge is -2.27. The summed E-state index contributed by atoms with van der Waals surface area (Å²) < 4.78 is 1.84. The van der Waals surface area contributed by atoms with Gasteiger partial charge < -0.3 is 15.5 Å². The largest absolute Gasteiger partial charge is 0.353 e. The fourth-order valence-corrected chi connectivity index (χ4v) is 4.54. The van der Waals surface area contributed by atoms with E-state index >= 15 is 0 Å². The van der Waals surface area contributed by atoms with Crippen LogP contribution in [0.2, 0.25) is 0 Å². The molecule has 0 spiro atoms. The van der Waals surface area contributed by atoms with Gasteiger partial charge in [-0.05, 0) is 17.7 Å². The molecule has 2 aromatic heterocycles. The number of anilines is 2. The van der Waals surface area contributed by atoms with Crippen LogP contribution in [0.15, 0.2) is 60.9 Å². The van der Waals surface area contributed by atoms with Crippen LogP contribution in [-0.2, 0) is 16.0 Å². The number of hydrogen-bond donors (Lipinski definition) is 2. The van der Waals surface area contributed by atoms with Gasteiger partial charge in [-0.25, -0.2) is 9.97 Å². The molecule has 1 saturated heterocycles. The molecule has 4 heterocycles. The van der Waals surface area contributed by atoms with Crippen molar-refractivity contribution < 1.29 is 14.4 Å². The van der Waals surface area contributed by atoms with E-state index in [1.165, 1.54) is 0 Å². The number of nitrogens with one attached hydrogen (secondary N) is 2. The molecule has 2 amide bonds. The molecule has 0 bridgehead atoms. The van der Waals surface area contributed by atoms with Crippen LogP contribution in [0, 0.1) is 0 Å². The number of carbonyl (C=O) groups excluding carboxylic acids is 3. The lowest BCUT2D eigenvalue weighted by Crippen LogP contribution is -2.48. The molecule has 2 aliphatic rings. The van der Waals surface area contributed by atoms with Crippen molar-refractivity contribution in [3.8, 4) is 11.3 Å². The quantitative estimate of drug-likeness (QED) is 0.459. The van der Waals surface area contributed by atoms with Gasteiger partial charge in [0.15, 0.2) is 11.5 Å². The lowest BCUT2D eigenvalue weighted by molar-refractivity contribution is -0.120. The number of fused-ring (bicyclic) bond motifs is 2. The van der Waals surface area contributed by atoms with Crippen LogP contribution in [0.5, 0.6) is 0 Å². The number of piperazine rings is 1. The van der Waals surface area contributed by atoms with Crippen LogP contribution in [-0.4, -0.2) is 51.6 Å². The molecule has 6 rings (SSSR count). The number of aromatic nitrogens is 3. The van der Waals surface area contributed by atoms with E-state index in [4.69, 9.17) is 4.98 Å². The molecule has 9 heteroatoms. The maximum Gasteiger partial charge on any atom is 0.239 e. The third-order valence-corrected chi connectivity index (χ3v) is 6.12. The van der Waals surface area contributed by atoms with E-state index in [-0.39, 0.29) is 30.6 Å². The normalized spacial score (nSPS) is 15.2. The highest BCUT2D eigenvalue weighted by atomic mass is 16.2. The summed E-state index contributed by atoms with van der Waals surface area (Å²) in [6.07, 6.45) is 3.70. The van der Waals surface area contributed by atoms with E-state index in [0.29, 0.717) is 41.5 Å². The number of benzene rings is 2. The van der Waals surface area contributed by atoms with Crippen molar-refractivity contribution in [3.63, 3.8) is 0 Å². The second-order valence-electron chi connectivity index (χ2n) is 8.32. The number of rotatable bonds is 4. The molecular weight excluding hydrogens is 432 g/mol. The molecule has 2 aliphatic heterocycles. The SMILES string of the molecule is O=C1CN(c2nccn3c(-c4ccc5c(c4)CC(=O)N5)c(C(=O)c4ccccc4)nc23)CCN1. The first-order valence-electron chi connectivity index (χ1n) is 11.0. The van der Waals surface area contributed by atoms with Crippen molar-refractivity contribution in [1.82, 2.24) is 19.7 Å². The van der Waals surface area contributed by atoms with Gasteiger partial charge in [0.1, 0.15) is 5.69 Å². The zero-order chi connectivity index (χ0) is 23.2. The second kappa shape index (κ2) is 7.80. The third kappa shape index (κ3) is 3.29. The van der Waals surface area contributed by atoms with Crippen LogP contribution in [0.4, 0.5) is 11.5 Å². The molecule has 0 atom stereocenters. The summed E-state index contributed by atoms with van der Waals surface area (Å²) >= 11 is 0. The Balaban J connectivity index is 1.57. The van der Waals surface area contributed by atoms with E-state index in [0.717, 1.165) is 16.8 Å². The zero-order valence-electron chi connectivity index (χ0n) is 18.1. The molecule has 4 aromatic rings. The first-order chi connectivity index (χ1) is 16.6. The number of ketones is 1. The van der Waals surface area contributed by atoms with Crippen LogP contribution in [0.1, 0.15) is 21.6 Å². The summed E-state index contributed by atoms with van der Waals surface area (Å²) in [5, 5.41) is 5.66. The maximum absolute atomic E-state index is 13.6. The molecule has 0 aliphatic carbocycles. The number of carbonyl (C=O) groups is 3. The van der Waals surface area contributed by atoms with Crippen LogP contribution in [0.25, 0.3) is 16.9 Å². The highest BCUT2D eigenvalue weighted by Crippen LogP contribution is 2.34. The van der Waals surface area contributed by atoms with Gasteiger partial charge in [0, 0.05) is 42.3 Å². The Labute approximate surface area is 194 Å². The fourth-order valence-electron chi connectivity index (χ4n) is 4.54. The number of hydrogen-bond acceptors (Lipinski definition) is 6. The molecule has 0 radical (unpaired) electrons. The Hall–Kier alpha value is -4.53. The van der Waals surface area contributed by atoms with E-state index < -0.39 is 0 Å². The van der Waals surface area contributed by atoms with Crippen molar-refractivity contribution in [3.05, 3.63) is 77.7 Å². The Morgan fingerprint density at radius 1 is 1.03 bits per heavy atom. The molecule has 34 heavy (non-hydrogen) atoms. The first-order valence-corrected chi connectivity index (χ1v) is 11.0. The summed E-state index contributed by atoms with van der Waals surface area (Å²) in [4.78, 5) is 48.6. The lowest BCUT2D eigenvalue weighted by atomic mass is 10.0. The minimum atomic E-state index is -0.212. The predicted molar refractivity (Wildman–Crippen MR) is 126 cm³/mol. The number of imidazole rings is 1. The topological polar surface area (TPSA) is 109 Å². The minimum Gasteiger partial charge on any atom is -0.353 e. The third-order valence-electron chi connectivity index (χ3n) is 6.12. The van der Waals surface area contributed by atoms with Crippen molar-refractivity contribution in [2.24, 2.45) is 0 Å². The summed E-state index contributed by atoms with van der Waals surface area (Å²) in [5.41, 5.74) is 4.36. The minimum absolute atomic E-state index is 0.0549. The molecular formula is C25H20N6O3. The smallest absolute Gasteiger partial charge is 0.239 e. The highest BCUT2D eigenvalue weighted by Gasteiger charge is 2.27. The van der Waals surface area contributed by atoms with Crippen molar-refractivity contribution in [2.45, 2.75) is 6.42 Å². The molecule has 0 unspecified atom stereocenters. The Morgan fingerprint density at radius 3 is 2.71 bits per heavy atom. The summed E-state index contributed by atoms with van der Waals surface area (Å²) in [6.45, 7) is 1.27. The standard InChI is InChI=1S/C25H20N6O3/c32-19-13-17-12-16(6-7-18(17)28-19)22-21(23(34)15-4-2-1-3-5-15)29-25-24(27-9-11-31(22)25)30-10-8-26-20(33)14-30/h1-7,9,11-12H,8,10,13-14H2,(H,26,33)(H,28,32). The fraction of sp³-hybridized carbons (Fsp3) is 0.160. The average Bonchev–Trinajstić information content (AvgIpc) is 3.43. The van der Waals surface area contributed by atoms with Gasteiger partial charge in [-0.2, -0.15) is 0 Å². The zero-order valence-corrected chi connectivity index (χ0v) is 18.1. The molecule has 9 nitrogen and oxygen atoms in total. The Kier molecular flexibility index (Phi) is 4.61. The summed E-state index contributed by atoms with van der Waals surface area (Å²) in [5.74, 6) is 0.194. The van der Waals surface area contributed by atoms with Gasteiger partial charge >= 0.3 is 0 Å². The molecule has 168 valence electrons. The van der Waals surface area contributed by atoms with Gasteiger partial charge in [0.25, 0.3) is 0 Å². The first kappa shape index (κ1) is 20.1. The molecule has 2 N–H and O–H groups in total. The van der Waals surface area contributed by atoms with Gasteiger partial charge in [-0.3, -0.25) is 18.8 Å². The van der Waals surface area contributed by atoms with Gasteiger partial charge in [-0.1, -0.05) is 36.4 Å². The Bertz CT molecular complexity index is 1480. The number of nitrogens with zero attached hydrogens (tertiary/aromatic N) is 4. The monoisotopic (exact) mass is 452 g/mol. The average molecular weight is 452 g/mol. The van der Waals surface area contributed by atoms with E-state index in [2.05, 4.69) is 15.6 Å². The van der Waals surface area contributed by atoms with Crippen LogP contribution >= 0.6 is 0 Å². The highest BCUT2D eigenvalue weighted by molar-refractivity contribution is 6.12.